The molecule has 0 bridgehead atoms. The zero-order chi connectivity index (χ0) is 12.4. The Balaban J connectivity index is 1.79. The molecule has 18 heavy (non-hydrogen) atoms. The van der Waals surface area contributed by atoms with Crippen LogP contribution in [-0.2, 0) is 0 Å². The lowest BCUT2D eigenvalue weighted by molar-refractivity contribution is 0.322. The van der Waals surface area contributed by atoms with E-state index in [1.54, 1.807) is 0 Å². The summed E-state index contributed by atoms with van der Waals surface area (Å²) in [5.74, 6) is 1.81. The molecule has 0 spiro atoms. The Bertz CT molecular complexity index is 407. The van der Waals surface area contributed by atoms with Crippen molar-refractivity contribution in [3.8, 4) is 5.75 Å². The van der Waals surface area contributed by atoms with Gasteiger partial charge in [0.05, 0.1) is 12.3 Å². The second-order valence-corrected chi connectivity index (χ2v) is 5.41. The lowest BCUT2D eigenvalue weighted by atomic mass is 10.0. The molecule has 1 aromatic carbocycles. The molecule has 3 heteroatoms. The molecule has 1 aromatic rings. The summed E-state index contributed by atoms with van der Waals surface area (Å²) in [5, 5.41) is 3.54. The van der Waals surface area contributed by atoms with E-state index >= 15 is 0 Å². The predicted octanol–water partition coefficient (Wildman–Crippen LogP) is 2.27. The third-order valence-electron chi connectivity index (χ3n) is 4.18. The van der Waals surface area contributed by atoms with Gasteiger partial charge in [-0.05, 0) is 44.4 Å². The van der Waals surface area contributed by atoms with Crippen molar-refractivity contribution in [1.29, 1.82) is 0 Å². The Morgan fingerprint density at radius 3 is 3.11 bits per heavy atom. The van der Waals surface area contributed by atoms with Crippen LogP contribution in [0, 0.1) is 5.92 Å². The van der Waals surface area contributed by atoms with Crippen molar-refractivity contribution in [2.24, 2.45) is 5.92 Å². The van der Waals surface area contributed by atoms with Crippen LogP contribution in [0.5, 0.6) is 5.75 Å². The molecule has 3 nitrogen and oxygen atoms in total. The van der Waals surface area contributed by atoms with E-state index in [0.717, 1.165) is 44.3 Å². The molecule has 1 N–H and O–H groups in total. The average Bonchev–Trinajstić information content (AvgIpc) is 2.68. The van der Waals surface area contributed by atoms with Crippen LogP contribution < -0.4 is 15.0 Å². The highest BCUT2D eigenvalue weighted by Gasteiger charge is 2.26. The number of benzene rings is 1. The standard InChI is InChI=1S/C15H22N2O/c1-12-13(7-8-16-12)11-17-9-4-10-18-15-6-3-2-5-14(15)17/h2-3,5-6,12-13,16H,4,7-11H2,1H3. The molecular formula is C15H22N2O. The predicted molar refractivity (Wildman–Crippen MR) is 74.3 cm³/mol. The molecule has 2 heterocycles. The monoisotopic (exact) mass is 246 g/mol. The summed E-state index contributed by atoms with van der Waals surface area (Å²) >= 11 is 0. The first-order valence-corrected chi connectivity index (χ1v) is 7.05. The normalized spacial score (nSPS) is 27.5. The second-order valence-electron chi connectivity index (χ2n) is 5.41. The van der Waals surface area contributed by atoms with E-state index in [1.807, 2.05) is 0 Å². The van der Waals surface area contributed by atoms with Crippen molar-refractivity contribution < 1.29 is 4.74 Å². The van der Waals surface area contributed by atoms with Crippen molar-refractivity contribution in [2.75, 3.05) is 31.1 Å². The van der Waals surface area contributed by atoms with Gasteiger partial charge in [0.2, 0.25) is 0 Å². The molecule has 2 aliphatic rings. The smallest absolute Gasteiger partial charge is 0.142 e. The Kier molecular flexibility index (Phi) is 3.41. The van der Waals surface area contributed by atoms with Crippen molar-refractivity contribution >= 4 is 5.69 Å². The molecule has 2 aliphatic heterocycles. The maximum atomic E-state index is 5.81. The van der Waals surface area contributed by atoms with Gasteiger partial charge in [-0.15, -0.1) is 0 Å². The number of ether oxygens (including phenoxy) is 1. The first-order chi connectivity index (χ1) is 8.84. The molecule has 2 unspecified atom stereocenters. The number of nitrogens with zero attached hydrogens (tertiary/aromatic N) is 1. The number of nitrogens with one attached hydrogen (secondary N) is 1. The summed E-state index contributed by atoms with van der Waals surface area (Å²) in [4.78, 5) is 2.51. The first-order valence-electron chi connectivity index (χ1n) is 7.05. The second kappa shape index (κ2) is 5.19. The quantitative estimate of drug-likeness (QED) is 0.866. The molecule has 0 radical (unpaired) electrons. The van der Waals surface area contributed by atoms with Gasteiger partial charge in [0, 0.05) is 19.1 Å². The van der Waals surface area contributed by atoms with Gasteiger partial charge in [-0.2, -0.15) is 0 Å². The zero-order valence-corrected chi connectivity index (χ0v) is 11.1. The summed E-state index contributed by atoms with van der Waals surface area (Å²) in [6, 6.07) is 9.08. The number of fused-ring (bicyclic) bond motifs is 1. The van der Waals surface area contributed by atoms with E-state index in [1.165, 1.54) is 12.1 Å². The highest BCUT2D eigenvalue weighted by molar-refractivity contribution is 5.59. The fraction of sp³-hybridized carbons (Fsp3) is 0.600. The average molecular weight is 246 g/mol. The molecule has 0 aliphatic carbocycles. The highest BCUT2D eigenvalue weighted by atomic mass is 16.5. The fourth-order valence-electron chi connectivity index (χ4n) is 3.03. The van der Waals surface area contributed by atoms with Crippen LogP contribution in [0.3, 0.4) is 0 Å². The minimum absolute atomic E-state index is 0.640. The van der Waals surface area contributed by atoms with Gasteiger partial charge in [-0.1, -0.05) is 12.1 Å². The molecule has 0 aromatic heterocycles. The highest BCUT2D eigenvalue weighted by Crippen LogP contribution is 2.32. The SMILES string of the molecule is CC1NCCC1CN1CCCOc2ccccc21. The Morgan fingerprint density at radius 2 is 2.28 bits per heavy atom. The molecular weight excluding hydrogens is 224 g/mol. The number of hydrogen-bond acceptors (Lipinski definition) is 3. The summed E-state index contributed by atoms with van der Waals surface area (Å²) in [6.45, 7) is 6.57. The van der Waals surface area contributed by atoms with E-state index in [-0.39, 0.29) is 0 Å². The Labute approximate surface area is 109 Å². The zero-order valence-electron chi connectivity index (χ0n) is 11.1. The first kappa shape index (κ1) is 11.8. The summed E-state index contributed by atoms with van der Waals surface area (Å²) in [6.07, 6.45) is 2.41. The minimum atomic E-state index is 0.640. The Hall–Kier alpha value is -1.22. The van der Waals surface area contributed by atoms with Crippen LogP contribution in [-0.4, -0.2) is 32.3 Å². The van der Waals surface area contributed by atoms with Crippen molar-refractivity contribution in [3.05, 3.63) is 24.3 Å². The summed E-state index contributed by atoms with van der Waals surface area (Å²) in [5.41, 5.74) is 1.27. The third kappa shape index (κ3) is 2.32. The molecule has 98 valence electrons. The largest absolute Gasteiger partial charge is 0.491 e. The summed E-state index contributed by atoms with van der Waals surface area (Å²) < 4.78 is 5.81. The fourth-order valence-corrected chi connectivity index (χ4v) is 3.03. The van der Waals surface area contributed by atoms with E-state index in [0.29, 0.717) is 6.04 Å². The van der Waals surface area contributed by atoms with Crippen molar-refractivity contribution in [2.45, 2.75) is 25.8 Å². The Morgan fingerprint density at radius 1 is 1.39 bits per heavy atom. The number of anilines is 1. The molecule has 1 fully saturated rings. The number of para-hydroxylation sites is 2. The van der Waals surface area contributed by atoms with Crippen LogP contribution in [0.2, 0.25) is 0 Å². The van der Waals surface area contributed by atoms with E-state index < -0.39 is 0 Å². The maximum absolute atomic E-state index is 5.81. The molecule has 0 amide bonds. The van der Waals surface area contributed by atoms with E-state index in [4.69, 9.17) is 4.74 Å². The summed E-state index contributed by atoms with van der Waals surface area (Å²) in [7, 11) is 0. The molecule has 1 saturated heterocycles. The van der Waals surface area contributed by atoms with Crippen molar-refractivity contribution in [3.63, 3.8) is 0 Å². The van der Waals surface area contributed by atoms with Gasteiger partial charge in [0.1, 0.15) is 5.75 Å². The van der Waals surface area contributed by atoms with Crippen LogP contribution in [0.1, 0.15) is 19.8 Å². The van der Waals surface area contributed by atoms with Gasteiger partial charge in [-0.3, -0.25) is 0 Å². The third-order valence-corrected chi connectivity index (χ3v) is 4.18. The number of hydrogen-bond donors (Lipinski definition) is 1. The lowest BCUT2D eigenvalue weighted by Gasteiger charge is -2.28. The molecule has 0 saturated carbocycles. The van der Waals surface area contributed by atoms with Crippen LogP contribution in [0.25, 0.3) is 0 Å². The van der Waals surface area contributed by atoms with Crippen LogP contribution >= 0.6 is 0 Å². The molecule has 2 atom stereocenters. The van der Waals surface area contributed by atoms with E-state index in [9.17, 15) is 0 Å². The van der Waals surface area contributed by atoms with Crippen molar-refractivity contribution in [1.82, 2.24) is 5.32 Å². The van der Waals surface area contributed by atoms with Gasteiger partial charge in [0.15, 0.2) is 0 Å². The van der Waals surface area contributed by atoms with Gasteiger partial charge < -0.3 is 15.0 Å². The van der Waals surface area contributed by atoms with Gasteiger partial charge in [-0.25, -0.2) is 0 Å². The van der Waals surface area contributed by atoms with Gasteiger partial charge in [0.25, 0.3) is 0 Å². The molecule has 3 rings (SSSR count). The lowest BCUT2D eigenvalue weighted by Crippen LogP contribution is -2.35. The minimum Gasteiger partial charge on any atom is -0.491 e. The van der Waals surface area contributed by atoms with Crippen LogP contribution in [0.4, 0.5) is 5.69 Å². The van der Waals surface area contributed by atoms with E-state index in [2.05, 4.69) is 41.4 Å². The topological polar surface area (TPSA) is 24.5 Å². The van der Waals surface area contributed by atoms with Crippen LogP contribution in [0.15, 0.2) is 24.3 Å². The number of rotatable bonds is 2. The van der Waals surface area contributed by atoms with Gasteiger partial charge >= 0.3 is 0 Å². The maximum Gasteiger partial charge on any atom is 0.142 e.